The van der Waals surface area contributed by atoms with E-state index in [0.29, 0.717) is 5.69 Å². The number of sulfonamides is 1. The molecule has 0 spiro atoms. The number of alkyl halides is 3. The van der Waals surface area contributed by atoms with Gasteiger partial charge < -0.3 is 4.74 Å². The fraction of sp³-hybridized carbons (Fsp3) is 0.250. The van der Waals surface area contributed by atoms with Gasteiger partial charge in [0.2, 0.25) is 10.0 Å². The molecule has 0 bridgehead atoms. The predicted molar refractivity (Wildman–Crippen MR) is 105 cm³/mol. The summed E-state index contributed by atoms with van der Waals surface area (Å²) in [7, 11) is -2.52. The van der Waals surface area contributed by atoms with E-state index in [-0.39, 0.29) is 11.4 Å². The lowest BCUT2D eigenvalue weighted by molar-refractivity contribution is -0.274. The molecule has 0 aliphatic heterocycles. The molecule has 0 saturated carbocycles. The molecule has 160 valence electrons. The van der Waals surface area contributed by atoms with Crippen LogP contribution < -0.4 is 4.74 Å². The molecule has 0 atom stereocenters. The van der Waals surface area contributed by atoms with Crippen LogP contribution in [0, 0.1) is 13.8 Å². The Bertz CT molecular complexity index is 1130. The van der Waals surface area contributed by atoms with Gasteiger partial charge in [-0.3, -0.25) is 0 Å². The van der Waals surface area contributed by atoms with E-state index >= 15 is 0 Å². The van der Waals surface area contributed by atoms with Gasteiger partial charge in [-0.1, -0.05) is 18.2 Å². The standard InChI is InChI=1S/C20H20F3N3O3S/c1-14-19(15(2)26(24-14)16-7-5-4-6-8-16)13-25(3)30(27,28)18-11-9-17(10-12-18)29-20(21,22)23/h4-12H,13H2,1-3H3. The Morgan fingerprint density at radius 3 is 2.20 bits per heavy atom. The SMILES string of the molecule is Cc1nn(-c2ccccc2)c(C)c1CN(C)S(=O)(=O)c1ccc(OC(F)(F)F)cc1. The smallest absolute Gasteiger partial charge is 0.406 e. The van der Waals surface area contributed by atoms with Crippen LogP contribution in [0.25, 0.3) is 5.69 Å². The Balaban J connectivity index is 1.83. The third-order valence-corrected chi connectivity index (χ3v) is 6.41. The van der Waals surface area contributed by atoms with E-state index in [1.807, 2.05) is 37.3 Å². The third-order valence-electron chi connectivity index (χ3n) is 4.59. The summed E-state index contributed by atoms with van der Waals surface area (Å²) in [6.45, 7) is 3.71. The van der Waals surface area contributed by atoms with Crippen LogP contribution in [-0.2, 0) is 16.6 Å². The van der Waals surface area contributed by atoms with Crippen LogP contribution in [-0.4, -0.2) is 35.9 Å². The van der Waals surface area contributed by atoms with Crippen molar-refractivity contribution in [2.45, 2.75) is 31.7 Å². The van der Waals surface area contributed by atoms with E-state index in [0.717, 1.165) is 45.5 Å². The molecule has 10 heteroatoms. The quantitative estimate of drug-likeness (QED) is 0.577. The molecule has 0 fully saturated rings. The van der Waals surface area contributed by atoms with Crippen molar-refractivity contribution in [3.05, 3.63) is 71.5 Å². The van der Waals surface area contributed by atoms with Crippen molar-refractivity contribution in [1.29, 1.82) is 0 Å². The van der Waals surface area contributed by atoms with Gasteiger partial charge in [0.05, 0.1) is 16.3 Å². The molecule has 30 heavy (non-hydrogen) atoms. The van der Waals surface area contributed by atoms with Crippen molar-refractivity contribution >= 4 is 10.0 Å². The average Bonchev–Trinajstić information content (AvgIpc) is 2.96. The van der Waals surface area contributed by atoms with Crippen molar-refractivity contribution in [3.8, 4) is 11.4 Å². The molecule has 1 aromatic heterocycles. The molecule has 0 N–H and O–H groups in total. The van der Waals surface area contributed by atoms with E-state index in [9.17, 15) is 21.6 Å². The van der Waals surface area contributed by atoms with Crippen LogP contribution in [0.1, 0.15) is 17.0 Å². The summed E-state index contributed by atoms with van der Waals surface area (Å²) in [5, 5.41) is 4.51. The Hall–Kier alpha value is -2.85. The minimum Gasteiger partial charge on any atom is -0.406 e. The van der Waals surface area contributed by atoms with Gasteiger partial charge in [-0.05, 0) is 50.2 Å². The molecule has 0 saturated heterocycles. The number of nitrogens with zero attached hydrogens (tertiary/aromatic N) is 3. The highest BCUT2D eigenvalue weighted by molar-refractivity contribution is 7.89. The lowest BCUT2D eigenvalue weighted by atomic mass is 10.2. The van der Waals surface area contributed by atoms with Crippen molar-refractivity contribution in [3.63, 3.8) is 0 Å². The van der Waals surface area contributed by atoms with Gasteiger partial charge in [0.25, 0.3) is 0 Å². The summed E-state index contributed by atoms with van der Waals surface area (Å²) in [6, 6.07) is 13.6. The summed E-state index contributed by atoms with van der Waals surface area (Å²) in [5.74, 6) is -0.486. The summed E-state index contributed by atoms with van der Waals surface area (Å²) in [5.41, 5.74) is 3.10. The van der Waals surface area contributed by atoms with E-state index in [1.54, 1.807) is 11.6 Å². The molecule has 0 aliphatic rings. The summed E-state index contributed by atoms with van der Waals surface area (Å²) in [6.07, 6.45) is -4.84. The van der Waals surface area contributed by atoms with Crippen LogP contribution in [0.3, 0.4) is 0 Å². The van der Waals surface area contributed by atoms with Gasteiger partial charge >= 0.3 is 6.36 Å². The van der Waals surface area contributed by atoms with Gasteiger partial charge in [-0.15, -0.1) is 13.2 Å². The van der Waals surface area contributed by atoms with Crippen LogP contribution in [0.4, 0.5) is 13.2 Å². The monoisotopic (exact) mass is 439 g/mol. The summed E-state index contributed by atoms with van der Waals surface area (Å²) >= 11 is 0. The zero-order valence-electron chi connectivity index (χ0n) is 16.5. The van der Waals surface area contributed by atoms with E-state index < -0.39 is 22.1 Å². The number of ether oxygens (including phenoxy) is 1. The van der Waals surface area contributed by atoms with Crippen LogP contribution in [0.15, 0.2) is 59.5 Å². The lowest BCUT2D eigenvalue weighted by Gasteiger charge is -2.18. The van der Waals surface area contributed by atoms with E-state index in [2.05, 4.69) is 9.84 Å². The first-order valence-corrected chi connectivity index (χ1v) is 10.4. The maximum atomic E-state index is 12.9. The number of aryl methyl sites for hydroxylation is 1. The zero-order valence-corrected chi connectivity index (χ0v) is 17.3. The minimum atomic E-state index is -4.84. The molecule has 3 rings (SSSR count). The normalized spacial score (nSPS) is 12.4. The third kappa shape index (κ3) is 4.65. The number of aromatic nitrogens is 2. The van der Waals surface area contributed by atoms with Crippen molar-refractivity contribution < 1.29 is 26.3 Å². The lowest BCUT2D eigenvalue weighted by Crippen LogP contribution is -2.27. The Labute approximate surface area is 172 Å². The molecular weight excluding hydrogens is 419 g/mol. The second kappa shape index (κ2) is 8.11. The number of hydrogen-bond donors (Lipinski definition) is 0. The Morgan fingerprint density at radius 2 is 1.63 bits per heavy atom. The molecule has 0 aliphatic carbocycles. The maximum absolute atomic E-state index is 12.9. The average molecular weight is 439 g/mol. The molecule has 3 aromatic rings. The maximum Gasteiger partial charge on any atom is 0.573 e. The highest BCUT2D eigenvalue weighted by Crippen LogP contribution is 2.26. The number of para-hydroxylation sites is 1. The van der Waals surface area contributed by atoms with E-state index in [1.165, 1.54) is 7.05 Å². The van der Waals surface area contributed by atoms with Crippen LogP contribution in [0.5, 0.6) is 5.75 Å². The second-order valence-electron chi connectivity index (χ2n) is 6.68. The molecule has 0 unspecified atom stereocenters. The minimum absolute atomic E-state index is 0.0631. The Kier molecular flexibility index (Phi) is 5.91. The van der Waals surface area contributed by atoms with Gasteiger partial charge in [0.15, 0.2) is 0 Å². The number of benzene rings is 2. The van der Waals surface area contributed by atoms with Crippen molar-refractivity contribution in [2.24, 2.45) is 0 Å². The molecular formula is C20H20F3N3O3S. The molecule has 0 amide bonds. The van der Waals surface area contributed by atoms with Crippen molar-refractivity contribution in [1.82, 2.24) is 14.1 Å². The second-order valence-corrected chi connectivity index (χ2v) is 8.72. The van der Waals surface area contributed by atoms with Gasteiger partial charge in [-0.25, -0.2) is 13.1 Å². The topological polar surface area (TPSA) is 64.4 Å². The van der Waals surface area contributed by atoms with Crippen LogP contribution >= 0.6 is 0 Å². The number of rotatable bonds is 6. The first-order chi connectivity index (χ1) is 14.0. The largest absolute Gasteiger partial charge is 0.573 e. The fourth-order valence-corrected chi connectivity index (χ4v) is 4.16. The molecule has 1 heterocycles. The first-order valence-electron chi connectivity index (χ1n) is 8.92. The highest BCUT2D eigenvalue weighted by atomic mass is 32.2. The Morgan fingerprint density at radius 1 is 1.03 bits per heavy atom. The first kappa shape index (κ1) is 21.8. The number of hydrogen-bond acceptors (Lipinski definition) is 4. The fourth-order valence-electron chi connectivity index (χ4n) is 3.03. The summed E-state index contributed by atoms with van der Waals surface area (Å²) in [4.78, 5) is -0.134. The predicted octanol–water partition coefficient (Wildman–Crippen LogP) is 4.21. The molecule has 0 radical (unpaired) electrons. The van der Waals surface area contributed by atoms with Gasteiger partial charge in [0, 0.05) is 24.8 Å². The van der Waals surface area contributed by atoms with Gasteiger partial charge in [-0.2, -0.15) is 9.40 Å². The zero-order chi connectivity index (χ0) is 22.1. The number of halogens is 3. The molecule has 2 aromatic carbocycles. The highest BCUT2D eigenvalue weighted by Gasteiger charge is 2.31. The van der Waals surface area contributed by atoms with Crippen molar-refractivity contribution in [2.75, 3.05) is 7.05 Å². The summed E-state index contributed by atoms with van der Waals surface area (Å²) < 4.78 is 69.3. The van der Waals surface area contributed by atoms with Gasteiger partial charge in [0.1, 0.15) is 5.75 Å². The van der Waals surface area contributed by atoms with Crippen LogP contribution in [0.2, 0.25) is 0 Å². The molecule has 6 nitrogen and oxygen atoms in total. The van der Waals surface area contributed by atoms with E-state index in [4.69, 9.17) is 0 Å².